The number of aromatic nitrogens is 2. The fraction of sp³-hybridized carbons (Fsp3) is 0.333. The van der Waals surface area contributed by atoms with Crippen LogP contribution in [0.5, 0.6) is 0 Å². The smallest absolute Gasteiger partial charge is 0.254 e. The molecule has 4 heteroatoms. The Bertz CT molecular complexity index is 587. The molecule has 0 bridgehead atoms. The Morgan fingerprint density at radius 2 is 2.05 bits per heavy atom. The van der Waals surface area contributed by atoms with Crippen molar-refractivity contribution in [3.05, 3.63) is 47.3 Å². The molecule has 4 nitrogen and oxygen atoms in total. The quantitative estimate of drug-likeness (QED) is 0.914. The summed E-state index contributed by atoms with van der Waals surface area (Å²) >= 11 is 0. The Labute approximate surface area is 113 Å². The Kier molecular flexibility index (Phi) is 4.00. The minimum Gasteiger partial charge on any atom is -0.352 e. The first kappa shape index (κ1) is 13.3. The van der Waals surface area contributed by atoms with Gasteiger partial charge in [0.2, 0.25) is 0 Å². The van der Waals surface area contributed by atoms with E-state index in [1.54, 1.807) is 6.20 Å². The van der Waals surface area contributed by atoms with Gasteiger partial charge < -0.3 is 5.32 Å². The topological polar surface area (TPSA) is 46.9 Å². The second-order valence-electron chi connectivity index (χ2n) is 4.42. The second-order valence-corrected chi connectivity index (χ2v) is 4.42. The summed E-state index contributed by atoms with van der Waals surface area (Å²) in [5, 5.41) is 7.20. The van der Waals surface area contributed by atoms with Gasteiger partial charge in [-0.2, -0.15) is 5.10 Å². The highest BCUT2D eigenvalue weighted by Gasteiger charge is 2.16. The van der Waals surface area contributed by atoms with Crippen molar-refractivity contribution in [2.45, 2.75) is 27.2 Å². The fourth-order valence-electron chi connectivity index (χ4n) is 2.17. The minimum absolute atomic E-state index is 0.0563. The SMILES string of the molecule is CCNC(=O)c1cnn(-c2ccccc2C)c1CC. The molecule has 0 aliphatic carbocycles. The van der Waals surface area contributed by atoms with Crippen molar-refractivity contribution < 1.29 is 4.79 Å². The zero-order valence-corrected chi connectivity index (χ0v) is 11.6. The van der Waals surface area contributed by atoms with Crippen molar-refractivity contribution in [2.24, 2.45) is 0 Å². The molecular weight excluding hydrogens is 238 g/mol. The minimum atomic E-state index is -0.0563. The summed E-state index contributed by atoms with van der Waals surface area (Å²) in [6.07, 6.45) is 2.41. The summed E-state index contributed by atoms with van der Waals surface area (Å²) in [5.41, 5.74) is 3.77. The molecule has 0 spiro atoms. The lowest BCUT2D eigenvalue weighted by atomic mass is 10.1. The lowest BCUT2D eigenvalue weighted by molar-refractivity contribution is 0.0955. The number of carbonyl (C=O) groups excluding carboxylic acids is 1. The number of hydrogen-bond donors (Lipinski definition) is 1. The lowest BCUT2D eigenvalue weighted by Gasteiger charge is -2.10. The van der Waals surface area contributed by atoms with Crippen LogP contribution in [0, 0.1) is 6.92 Å². The first-order valence-electron chi connectivity index (χ1n) is 6.60. The zero-order chi connectivity index (χ0) is 13.8. The van der Waals surface area contributed by atoms with Crippen molar-refractivity contribution in [2.75, 3.05) is 6.54 Å². The van der Waals surface area contributed by atoms with E-state index in [2.05, 4.69) is 10.4 Å². The van der Waals surface area contributed by atoms with Gasteiger partial charge in [0, 0.05) is 6.54 Å². The number of rotatable bonds is 4. The molecule has 0 atom stereocenters. The highest BCUT2D eigenvalue weighted by atomic mass is 16.1. The summed E-state index contributed by atoms with van der Waals surface area (Å²) in [7, 11) is 0. The van der Waals surface area contributed by atoms with E-state index in [-0.39, 0.29) is 5.91 Å². The van der Waals surface area contributed by atoms with Crippen LogP contribution in [0.1, 0.15) is 35.5 Å². The molecule has 0 aliphatic rings. The standard InChI is InChI=1S/C15H19N3O/c1-4-13-12(15(19)16-5-2)10-17-18(13)14-9-7-6-8-11(14)3/h6-10H,4-5H2,1-3H3,(H,16,19). The summed E-state index contributed by atoms with van der Waals surface area (Å²) in [5.74, 6) is -0.0563. The van der Waals surface area contributed by atoms with Gasteiger partial charge in [-0.3, -0.25) is 4.79 Å². The number of aryl methyl sites for hydroxylation is 1. The van der Waals surface area contributed by atoms with Crippen molar-refractivity contribution in [1.82, 2.24) is 15.1 Å². The van der Waals surface area contributed by atoms with E-state index in [1.807, 2.05) is 49.7 Å². The molecule has 0 unspecified atom stereocenters. The van der Waals surface area contributed by atoms with E-state index in [0.717, 1.165) is 23.4 Å². The maximum atomic E-state index is 12.0. The van der Waals surface area contributed by atoms with Gasteiger partial charge >= 0.3 is 0 Å². The van der Waals surface area contributed by atoms with Crippen LogP contribution in [-0.2, 0) is 6.42 Å². The van der Waals surface area contributed by atoms with E-state index in [0.29, 0.717) is 12.1 Å². The Hall–Kier alpha value is -2.10. The summed E-state index contributed by atoms with van der Waals surface area (Å²) < 4.78 is 1.86. The third kappa shape index (κ3) is 2.52. The molecule has 0 aliphatic heterocycles. The van der Waals surface area contributed by atoms with E-state index in [1.165, 1.54) is 0 Å². The predicted octanol–water partition coefficient (Wildman–Crippen LogP) is 2.49. The van der Waals surface area contributed by atoms with Crippen LogP contribution in [0.4, 0.5) is 0 Å². The van der Waals surface area contributed by atoms with E-state index >= 15 is 0 Å². The van der Waals surface area contributed by atoms with E-state index in [9.17, 15) is 4.79 Å². The number of para-hydroxylation sites is 1. The average molecular weight is 257 g/mol. The zero-order valence-electron chi connectivity index (χ0n) is 11.6. The molecule has 0 fully saturated rings. The number of nitrogens with zero attached hydrogens (tertiary/aromatic N) is 2. The fourth-order valence-corrected chi connectivity index (χ4v) is 2.17. The maximum Gasteiger partial charge on any atom is 0.254 e. The third-order valence-corrected chi connectivity index (χ3v) is 3.13. The highest BCUT2D eigenvalue weighted by molar-refractivity contribution is 5.95. The van der Waals surface area contributed by atoms with Gasteiger partial charge in [0.1, 0.15) is 0 Å². The van der Waals surface area contributed by atoms with Crippen LogP contribution in [0.2, 0.25) is 0 Å². The van der Waals surface area contributed by atoms with Crippen molar-refractivity contribution in [3.8, 4) is 5.69 Å². The van der Waals surface area contributed by atoms with Crippen LogP contribution in [0.25, 0.3) is 5.69 Å². The van der Waals surface area contributed by atoms with E-state index in [4.69, 9.17) is 0 Å². The molecule has 2 rings (SSSR count). The monoisotopic (exact) mass is 257 g/mol. The number of benzene rings is 1. The molecular formula is C15H19N3O. The molecule has 1 aromatic carbocycles. The van der Waals surface area contributed by atoms with Crippen molar-refractivity contribution in [1.29, 1.82) is 0 Å². The summed E-state index contributed by atoms with van der Waals surface area (Å²) in [4.78, 5) is 12.0. The number of nitrogens with one attached hydrogen (secondary N) is 1. The van der Waals surface area contributed by atoms with Gasteiger partial charge in [0.15, 0.2) is 0 Å². The average Bonchev–Trinajstić information content (AvgIpc) is 2.83. The number of amides is 1. The summed E-state index contributed by atoms with van der Waals surface area (Å²) in [6, 6.07) is 8.04. The van der Waals surface area contributed by atoms with Crippen molar-refractivity contribution >= 4 is 5.91 Å². The van der Waals surface area contributed by atoms with Gasteiger partial charge in [-0.1, -0.05) is 25.1 Å². The lowest BCUT2D eigenvalue weighted by Crippen LogP contribution is -2.23. The van der Waals surface area contributed by atoms with Crippen LogP contribution < -0.4 is 5.32 Å². The van der Waals surface area contributed by atoms with Gasteiger partial charge in [0.05, 0.1) is 23.1 Å². The largest absolute Gasteiger partial charge is 0.352 e. The molecule has 0 saturated carbocycles. The number of hydrogen-bond acceptors (Lipinski definition) is 2. The summed E-state index contributed by atoms with van der Waals surface area (Å²) in [6.45, 7) is 6.61. The molecule has 19 heavy (non-hydrogen) atoms. The molecule has 0 radical (unpaired) electrons. The normalized spacial score (nSPS) is 10.5. The van der Waals surface area contributed by atoms with E-state index < -0.39 is 0 Å². The molecule has 100 valence electrons. The third-order valence-electron chi connectivity index (χ3n) is 3.13. The molecule has 1 N–H and O–H groups in total. The van der Waals surface area contributed by atoms with Gasteiger partial charge in [0.25, 0.3) is 5.91 Å². The van der Waals surface area contributed by atoms with Gasteiger partial charge in [-0.05, 0) is 31.9 Å². The van der Waals surface area contributed by atoms with Crippen LogP contribution in [0.3, 0.4) is 0 Å². The van der Waals surface area contributed by atoms with Crippen LogP contribution >= 0.6 is 0 Å². The molecule has 1 aromatic heterocycles. The second kappa shape index (κ2) is 5.69. The maximum absolute atomic E-state index is 12.0. The number of carbonyl (C=O) groups is 1. The van der Waals surface area contributed by atoms with Gasteiger partial charge in [-0.15, -0.1) is 0 Å². The Morgan fingerprint density at radius 3 is 2.68 bits per heavy atom. The predicted molar refractivity (Wildman–Crippen MR) is 75.7 cm³/mol. The molecule has 0 saturated heterocycles. The van der Waals surface area contributed by atoms with Crippen molar-refractivity contribution in [3.63, 3.8) is 0 Å². The Morgan fingerprint density at radius 1 is 1.32 bits per heavy atom. The molecule has 2 aromatic rings. The van der Waals surface area contributed by atoms with Gasteiger partial charge in [-0.25, -0.2) is 4.68 Å². The first-order chi connectivity index (χ1) is 9.19. The van der Waals surface area contributed by atoms with Crippen LogP contribution in [-0.4, -0.2) is 22.2 Å². The van der Waals surface area contributed by atoms with Crippen LogP contribution in [0.15, 0.2) is 30.5 Å². The molecule has 1 amide bonds. The Balaban J connectivity index is 2.49. The molecule has 1 heterocycles. The highest BCUT2D eigenvalue weighted by Crippen LogP contribution is 2.18. The first-order valence-corrected chi connectivity index (χ1v) is 6.60.